The highest BCUT2D eigenvalue weighted by Crippen LogP contribution is 2.18. The van der Waals surface area contributed by atoms with E-state index in [4.69, 9.17) is 4.42 Å². The third kappa shape index (κ3) is 5.28. The summed E-state index contributed by atoms with van der Waals surface area (Å²) in [6.45, 7) is 2.17. The van der Waals surface area contributed by atoms with Crippen LogP contribution in [0.1, 0.15) is 17.5 Å². The molecule has 2 aromatic heterocycles. The number of aromatic nitrogens is 1. The van der Waals surface area contributed by atoms with Crippen LogP contribution in [0.3, 0.4) is 0 Å². The molecule has 0 saturated heterocycles. The minimum Gasteiger partial charge on any atom is -0.463 e. The standard InChI is InChI=1S/C20H21N3O4S/c1-15-4-2-5-17(12-15)28(25,26)23-10-8-20(24)22-14-16-7-9-21-18(13-16)19-6-3-11-27-19/h2-7,9,11-13,23H,8,10,14H2,1H3,(H,22,24). The lowest BCUT2D eigenvalue weighted by atomic mass is 10.2. The van der Waals surface area contributed by atoms with Crippen molar-refractivity contribution in [1.82, 2.24) is 15.0 Å². The fourth-order valence-electron chi connectivity index (χ4n) is 2.60. The predicted octanol–water partition coefficient (Wildman–Crippen LogP) is 2.63. The first-order chi connectivity index (χ1) is 13.4. The summed E-state index contributed by atoms with van der Waals surface area (Å²) in [7, 11) is -3.62. The third-order valence-corrected chi connectivity index (χ3v) is 5.49. The molecule has 0 aliphatic rings. The molecule has 3 aromatic rings. The molecule has 0 aliphatic carbocycles. The number of furan rings is 1. The van der Waals surface area contributed by atoms with Gasteiger partial charge in [-0.3, -0.25) is 9.78 Å². The summed E-state index contributed by atoms with van der Waals surface area (Å²) in [5.41, 5.74) is 2.41. The van der Waals surface area contributed by atoms with E-state index >= 15 is 0 Å². The maximum Gasteiger partial charge on any atom is 0.240 e. The van der Waals surface area contributed by atoms with Gasteiger partial charge in [0.05, 0.1) is 11.2 Å². The Morgan fingerprint density at radius 2 is 2.00 bits per heavy atom. The Bertz CT molecular complexity index is 1050. The third-order valence-electron chi connectivity index (χ3n) is 4.03. The van der Waals surface area contributed by atoms with E-state index in [1.54, 1.807) is 36.7 Å². The second-order valence-electron chi connectivity index (χ2n) is 6.27. The van der Waals surface area contributed by atoms with Crippen LogP contribution in [0.25, 0.3) is 11.5 Å². The summed E-state index contributed by atoms with van der Waals surface area (Å²) in [5, 5.41) is 2.77. The molecule has 0 radical (unpaired) electrons. The molecule has 7 nitrogen and oxygen atoms in total. The number of benzene rings is 1. The lowest BCUT2D eigenvalue weighted by molar-refractivity contribution is -0.121. The van der Waals surface area contributed by atoms with Crippen LogP contribution in [-0.4, -0.2) is 25.9 Å². The van der Waals surface area contributed by atoms with Gasteiger partial charge in [-0.15, -0.1) is 0 Å². The van der Waals surface area contributed by atoms with Gasteiger partial charge >= 0.3 is 0 Å². The lowest BCUT2D eigenvalue weighted by Gasteiger charge is -2.08. The number of carbonyl (C=O) groups is 1. The first kappa shape index (κ1) is 19.8. The van der Waals surface area contributed by atoms with E-state index in [2.05, 4.69) is 15.0 Å². The van der Waals surface area contributed by atoms with Crippen LogP contribution in [0.4, 0.5) is 0 Å². The number of amides is 1. The zero-order valence-corrected chi connectivity index (χ0v) is 16.2. The first-order valence-corrected chi connectivity index (χ1v) is 10.2. The van der Waals surface area contributed by atoms with E-state index in [1.165, 1.54) is 6.07 Å². The van der Waals surface area contributed by atoms with Crippen molar-refractivity contribution < 1.29 is 17.6 Å². The van der Waals surface area contributed by atoms with Crippen molar-refractivity contribution >= 4 is 15.9 Å². The average molecular weight is 399 g/mol. The van der Waals surface area contributed by atoms with Crippen molar-refractivity contribution in [2.75, 3.05) is 6.54 Å². The Hall–Kier alpha value is -2.97. The van der Waals surface area contributed by atoms with Crippen molar-refractivity contribution in [2.45, 2.75) is 24.8 Å². The Kier molecular flexibility index (Phi) is 6.23. The van der Waals surface area contributed by atoms with E-state index in [-0.39, 0.29) is 23.8 Å². The fourth-order valence-corrected chi connectivity index (χ4v) is 3.73. The number of aryl methyl sites for hydroxylation is 1. The molecular weight excluding hydrogens is 378 g/mol. The van der Waals surface area contributed by atoms with Gasteiger partial charge < -0.3 is 9.73 Å². The molecule has 0 unspecified atom stereocenters. The molecule has 2 N–H and O–H groups in total. The summed E-state index contributed by atoms with van der Waals surface area (Å²) in [6.07, 6.45) is 3.26. The number of nitrogens with one attached hydrogen (secondary N) is 2. The summed E-state index contributed by atoms with van der Waals surface area (Å²) >= 11 is 0. The molecule has 0 aliphatic heterocycles. The highest BCUT2D eigenvalue weighted by molar-refractivity contribution is 7.89. The second kappa shape index (κ2) is 8.81. The summed E-state index contributed by atoms with van der Waals surface area (Å²) in [5.74, 6) is 0.405. The van der Waals surface area contributed by atoms with Gasteiger partial charge in [0.1, 0.15) is 5.69 Å². The Morgan fingerprint density at radius 1 is 1.14 bits per heavy atom. The minimum absolute atomic E-state index is 0.0239. The molecular formula is C20H21N3O4S. The molecule has 8 heteroatoms. The highest BCUT2D eigenvalue weighted by atomic mass is 32.2. The quantitative estimate of drug-likeness (QED) is 0.606. The normalized spacial score (nSPS) is 11.3. The number of nitrogens with zero attached hydrogens (tertiary/aromatic N) is 1. The van der Waals surface area contributed by atoms with E-state index in [0.717, 1.165) is 11.1 Å². The number of sulfonamides is 1. The molecule has 0 atom stereocenters. The summed E-state index contributed by atoms with van der Waals surface area (Å²) < 4.78 is 32.2. The zero-order chi connectivity index (χ0) is 20.0. The van der Waals surface area contributed by atoms with Crippen LogP contribution in [0.2, 0.25) is 0 Å². The van der Waals surface area contributed by atoms with Crippen LogP contribution in [-0.2, 0) is 21.4 Å². The van der Waals surface area contributed by atoms with E-state index < -0.39 is 10.0 Å². The van der Waals surface area contributed by atoms with E-state index in [1.807, 2.05) is 25.1 Å². The van der Waals surface area contributed by atoms with Crippen LogP contribution in [0.5, 0.6) is 0 Å². The number of carbonyl (C=O) groups excluding carboxylic acids is 1. The maximum atomic E-state index is 12.2. The fraction of sp³-hybridized carbons (Fsp3) is 0.200. The van der Waals surface area contributed by atoms with Gasteiger partial charge in [0.25, 0.3) is 0 Å². The van der Waals surface area contributed by atoms with E-state index in [0.29, 0.717) is 18.0 Å². The molecule has 0 bridgehead atoms. The predicted molar refractivity (Wildman–Crippen MR) is 105 cm³/mol. The first-order valence-electron chi connectivity index (χ1n) is 8.76. The molecule has 1 amide bonds. The van der Waals surface area contributed by atoms with Crippen molar-refractivity contribution in [1.29, 1.82) is 0 Å². The van der Waals surface area contributed by atoms with Gasteiger partial charge in [-0.25, -0.2) is 13.1 Å². The molecule has 2 heterocycles. The van der Waals surface area contributed by atoms with Crippen LogP contribution in [0.15, 0.2) is 70.3 Å². The van der Waals surface area contributed by atoms with Gasteiger partial charge in [-0.05, 0) is 54.4 Å². The molecule has 146 valence electrons. The molecule has 0 saturated carbocycles. The maximum absolute atomic E-state index is 12.2. The van der Waals surface area contributed by atoms with Crippen molar-refractivity contribution in [3.63, 3.8) is 0 Å². The van der Waals surface area contributed by atoms with Crippen molar-refractivity contribution in [3.05, 3.63) is 72.1 Å². The van der Waals surface area contributed by atoms with Crippen LogP contribution in [0, 0.1) is 6.92 Å². The molecule has 0 spiro atoms. The summed E-state index contributed by atoms with van der Waals surface area (Å²) in [6, 6.07) is 13.8. The van der Waals surface area contributed by atoms with Gasteiger partial charge in [-0.1, -0.05) is 12.1 Å². The highest BCUT2D eigenvalue weighted by Gasteiger charge is 2.14. The number of rotatable bonds is 8. The molecule has 28 heavy (non-hydrogen) atoms. The summed E-state index contributed by atoms with van der Waals surface area (Å²) in [4.78, 5) is 16.5. The second-order valence-corrected chi connectivity index (χ2v) is 8.03. The smallest absolute Gasteiger partial charge is 0.240 e. The number of hydrogen-bond acceptors (Lipinski definition) is 5. The minimum atomic E-state index is -3.62. The van der Waals surface area contributed by atoms with E-state index in [9.17, 15) is 13.2 Å². The SMILES string of the molecule is Cc1cccc(S(=O)(=O)NCCC(=O)NCc2ccnc(-c3ccco3)c2)c1. The van der Waals surface area contributed by atoms with Crippen LogP contribution < -0.4 is 10.0 Å². The van der Waals surface area contributed by atoms with Gasteiger partial charge in [0.2, 0.25) is 15.9 Å². The van der Waals surface area contributed by atoms with Crippen molar-refractivity contribution in [2.24, 2.45) is 0 Å². The zero-order valence-electron chi connectivity index (χ0n) is 15.4. The monoisotopic (exact) mass is 399 g/mol. The topological polar surface area (TPSA) is 101 Å². The number of hydrogen-bond donors (Lipinski definition) is 2. The molecule has 1 aromatic carbocycles. The van der Waals surface area contributed by atoms with Gasteiger partial charge in [0, 0.05) is 25.7 Å². The Balaban J connectivity index is 1.48. The van der Waals surface area contributed by atoms with Crippen LogP contribution >= 0.6 is 0 Å². The van der Waals surface area contributed by atoms with Gasteiger partial charge in [-0.2, -0.15) is 0 Å². The molecule has 0 fully saturated rings. The largest absolute Gasteiger partial charge is 0.463 e. The Morgan fingerprint density at radius 3 is 2.75 bits per heavy atom. The molecule has 3 rings (SSSR count). The Labute approximate surface area is 163 Å². The van der Waals surface area contributed by atoms with Gasteiger partial charge in [0.15, 0.2) is 5.76 Å². The average Bonchev–Trinajstić information content (AvgIpc) is 3.21. The van der Waals surface area contributed by atoms with Crippen molar-refractivity contribution in [3.8, 4) is 11.5 Å². The lowest BCUT2D eigenvalue weighted by Crippen LogP contribution is -2.30. The number of pyridine rings is 1.